The molecule has 2 N–H and O–H groups in total. The molecule has 6 nitrogen and oxygen atoms in total. The smallest absolute Gasteiger partial charge is 0.191 e. The van der Waals surface area contributed by atoms with Gasteiger partial charge in [0.2, 0.25) is 0 Å². The number of rotatable bonds is 7. The Labute approximate surface area is 199 Å². The fourth-order valence-corrected chi connectivity index (χ4v) is 4.16. The van der Waals surface area contributed by atoms with Crippen molar-refractivity contribution in [2.45, 2.75) is 50.9 Å². The van der Waals surface area contributed by atoms with E-state index in [4.69, 9.17) is 4.74 Å². The van der Waals surface area contributed by atoms with Crippen LogP contribution in [0.5, 0.6) is 5.75 Å². The molecule has 1 heterocycles. The van der Waals surface area contributed by atoms with E-state index >= 15 is 0 Å². The minimum atomic E-state index is -0.877. The Kier molecular flexibility index (Phi) is 11.6. The van der Waals surface area contributed by atoms with Gasteiger partial charge in [-0.2, -0.15) is 0 Å². The highest BCUT2D eigenvalue weighted by atomic mass is 127. The summed E-state index contributed by atoms with van der Waals surface area (Å²) in [5, 5.41) is 6.73. The maximum absolute atomic E-state index is 13.9. The number of hydrogen-bond donors (Lipinski definition) is 2. The lowest BCUT2D eigenvalue weighted by Gasteiger charge is -2.33. The summed E-state index contributed by atoms with van der Waals surface area (Å²) in [6.07, 6.45) is 1.99. The number of nitrogens with zero attached hydrogens (tertiary/aromatic N) is 2. The molecule has 1 aliphatic heterocycles. The third-order valence-corrected chi connectivity index (χ3v) is 6.98. The average Bonchev–Trinajstić information content (AvgIpc) is 2.68. The van der Waals surface area contributed by atoms with Crippen LogP contribution in [0.1, 0.15) is 39.2 Å². The minimum Gasteiger partial charge on any atom is -0.494 e. The summed E-state index contributed by atoms with van der Waals surface area (Å²) in [5.74, 6) is 1.32. The number of likely N-dealkylation sites (tertiary alicyclic amines) is 1. The molecule has 30 heavy (non-hydrogen) atoms. The normalized spacial score (nSPS) is 17.2. The van der Waals surface area contributed by atoms with Crippen LogP contribution in [0.25, 0.3) is 0 Å². The Morgan fingerprint density at radius 1 is 1.33 bits per heavy atom. The van der Waals surface area contributed by atoms with Gasteiger partial charge in [0.05, 0.1) is 7.11 Å². The zero-order valence-electron chi connectivity index (χ0n) is 18.7. The molecule has 0 spiro atoms. The molecule has 1 atom stereocenters. The van der Waals surface area contributed by atoms with Crippen molar-refractivity contribution in [3.63, 3.8) is 0 Å². The summed E-state index contributed by atoms with van der Waals surface area (Å²) in [7, 11) is 2.35. The fraction of sp³-hybridized carbons (Fsp3) is 0.667. The first kappa shape index (κ1) is 27.1. The van der Waals surface area contributed by atoms with Crippen LogP contribution in [-0.4, -0.2) is 65.4 Å². The molecule has 1 aliphatic rings. The highest BCUT2D eigenvalue weighted by Gasteiger charge is 2.21. The van der Waals surface area contributed by atoms with E-state index in [9.17, 15) is 8.60 Å². The minimum absolute atomic E-state index is 0. The molecule has 1 aromatic carbocycles. The van der Waals surface area contributed by atoms with E-state index in [0.29, 0.717) is 18.3 Å². The van der Waals surface area contributed by atoms with E-state index in [-0.39, 0.29) is 40.3 Å². The standard InChI is InChI=1S/C21H35FN4O2S.HI/c1-21(2,3)29(27)13-10-24-20(23-4)25-17-8-11-26(12-9-17)15-16-6-7-19(28-5)18(22)14-16;/h6-7,14,17H,8-13,15H2,1-5H3,(H2,23,24,25);1H. The van der Waals surface area contributed by atoms with Gasteiger partial charge in [-0.15, -0.1) is 24.0 Å². The highest BCUT2D eigenvalue weighted by molar-refractivity contribution is 14.0. The van der Waals surface area contributed by atoms with Crippen molar-refractivity contribution in [3.05, 3.63) is 29.6 Å². The van der Waals surface area contributed by atoms with Crippen molar-refractivity contribution in [1.29, 1.82) is 0 Å². The molecule has 0 amide bonds. The molecule has 0 saturated carbocycles. The van der Waals surface area contributed by atoms with Crippen molar-refractivity contribution in [2.75, 3.05) is 39.5 Å². The number of ether oxygens (including phenoxy) is 1. The van der Waals surface area contributed by atoms with Crippen LogP contribution in [0.15, 0.2) is 23.2 Å². The topological polar surface area (TPSA) is 66.0 Å². The lowest BCUT2D eigenvalue weighted by molar-refractivity contribution is 0.198. The predicted molar refractivity (Wildman–Crippen MR) is 134 cm³/mol. The lowest BCUT2D eigenvalue weighted by atomic mass is 10.0. The largest absolute Gasteiger partial charge is 0.494 e. The second-order valence-corrected chi connectivity index (χ2v) is 10.6. The quantitative estimate of drug-likeness (QED) is 0.308. The average molecular weight is 555 g/mol. The number of benzene rings is 1. The zero-order valence-corrected chi connectivity index (χ0v) is 21.8. The molecule has 0 radical (unpaired) electrons. The van der Waals surface area contributed by atoms with Gasteiger partial charge in [-0.3, -0.25) is 14.1 Å². The summed E-state index contributed by atoms with van der Waals surface area (Å²) < 4.78 is 30.8. The van der Waals surface area contributed by atoms with Crippen molar-refractivity contribution in [1.82, 2.24) is 15.5 Å². The third-order valence-electron chi connectivity index (χ3n) is 5.04. The monoisotopic (exact) mass is 554 g/mol. The molecule has 9 heteroatoms. The van der Waals surface area contributed by atoms with Gasteiger partial charge in [-0.25, -0.2) is 4.39 Å². The van der Waals surface area contributed by atoms with Crippen molar-refractivity contribution in [2.24, 2.45) is 4.99 Å². The van der Waals surface area contributed by atoms with Crippen LogP contribution < -0.4 is 15.4 Å². The Hall–Kier alpha value is -0.940. The summed E-state index contributed by atoms with van der Waals surface area (Å²) in [6, 6.07) is 5.50. The summed E-state index contributed by atoms with van der Waals surface area (Å²) >= 11 is 0. The summed E-state index contributed by atoms with van der Waals surface area (Å²) in [6.45, 7) is 9.22. The molecule has 172 valence electrons. The maximum atomic E-state index is 13.9. The van der Waals surface area contributed by atoms with E-state index in [1.165, 1.54) is 7.11 Å². The Morgan fingerprint density at radius 3 is 2.53 bits per heavy atom. The van der Waals surface area contributed by atoms with Gasteiger partial charge in [-0.1, -0.05) is 6.07 Å². The van der Waals surface area contributed by atoms with E-state index in [1.54, 1.807) is 19.2 Å². The van der Waals surface area contributed by atoms with Crippen molar-refractivity contribution >= 4 is 40.7 Å². The maximum Gasteiger partial charge on any atom is 0.191 e. The zero-order chi connectivity index (χ0) is 21.4. The van der Waals surface area contributed by atoms with Crippen LogP contribution in [0, 0.1) is 5.82 Å². The number of guanidine groups is 1. The number of piperidine rings is 1. The number of aliphatic imine (C=N–C) groups is 1. The van der Waals surface area contributed by atoms with E-state index in [0.717, 1.165) is 44.0 Å². The fourth-order valence-electron chi connectivity index (χ4n) is 3.26. The van der Waals surface area contributed by atoms with Crippen LogP contribution in [0.4, 0.5) is 4.39 Å². The second kappa shape index (κ2) is 12.8. The summed E-state index contributed by atoms with van der Waals surface area (Å²) in [4.78, 5) is 6.62. The molecule has 0 aromatic heterocycles. The molecule has 1 saturated heterocycles. The number of halogens is 2. The van der Waals surface area contributed by atoms with Gasteiger partial charge in [-0.05, 0) is 51.3 Å². The van der Waals surface area contributed by atoms with Crippen LogP contribution in [-0.2, 0) is 17.3 Å². The van der Waals surface area contributed by atoms with Crippen LogP contribution in [0.2, 0.25) is 0 Å². The van der Waals surface area contributed by atoms with Gasteiger partial charge in [0.15, 0.2) is 17.5 Å². The molecule has 1 fully saturated rings. The first-order valence-corrected chi connectivity index (χ1v) is 11.4. The second-order valence-electron chi connectivity index (χ2n) is 8.32. The van der Waals surface area contributed by atoms with Crippen molar-refractivity contribution < 1.29 is 13.3 Å². The predicted octanol–water partition coefficient (Wildman–Crippen LogP) is 3.13. The van der Waals surface area contributed by atoms with Gasteiger partial charge < -0.3 is 15.4 Å². The van der Waals surface area contributed by atoms with E-state index in [1.807, 2.05) is 26.8 Å². The van der Waals surface area contributed by atoms with E-state index < -0.39 is 10.8 Å². The molecule has 0 aliphatic carbocycles. The number of methoxy groups -OCH3 is 1. The number of hydrogen-bond acceptors (Lipinski definition) is 4. The Bertz CT molecular complexity index is 719. The molecular weight excluding hydrogens is 518 g/mol. The molecule has 0 bridgehead atoms. The Morgan fingerprint density at radius 2 is 2.00 bits per heavy atom. The Balaban J connectivity index is 0.00000450. The molecule has 2 rings (SSSR count). The van der Waals surface area contributed by atoms with Gasteiger partial charge in [0, 0.05) is 60.6 Å². The molecule has 1 aromatic rings. The highest BCUT2D eigenvalue weighted by Crippen LogP contribution is 2.20. The third kappa shape index (κ3) is 8.66. The first-order chi connectivity index (χ1) is 13.7. The molecular formula is C21H36FIN4O2S. The SMILES string of the molecule is CN=C(NCCS(=O)C(C)(C)C)NC1CCN(Cc2ccc(OC)c(F)c2)CC1.I. The van der Waals surface area contributed by atoms with Crippen molar-refractivity contribution in [3.8, 4) is 5.75 Å². The van der Waals surface area contributed by atoms with Crippen LogP contribution in [0.3, 0.4) is 0 Å². The van der Waals surface area contributed by atoms with Gasteiger partial charge in [0.25, 0.3) is 0 Å². The van der Waals surface area contributed by atoms with Gasteiger partial charge >= 0.3 is 0 Å². The lowest BCUT2D eigenvalue weighted by Crippen LogP contribution is -2.49. The van der Waals surface area contributed by atoms with Gasteiger partial charge in [0.1, 0.15) is 0 Å². The first-order valence-electron chi connectivity index (χ1n) is 10.1. The summed E-state index contributed by atoms with van der Waals surface area (Å²) in [5.41, 5.74) is 0.957. The van der Waals surface area contributed by atoms with Crippen LogP contribution >= 0.6 is 24.0 Å². The van der Waals surface area contributed by atoms with E-state index in [2.05, 4.69) is 20.5 Å². The number of nitrogens with one attached hydrogen (secondary N) is 2. The molecule has 1 unspecified atom stereocenters.